The summed E-state index contributed by atoms with van der Waals surface area (Å²) in [5.41, 5.74) is 0.581. The molecule has 0 bridgehead atoms. The van der Waals surface area contributed by atoms with Gasteiger partial charge >= 0.3 is 0 Å². The van der Waals surface area contributed by atoms with Gasteiger partial charge in [-0.3, -0.25) is 4.79 Å². The van der Waals surface area contributed by atoms with E-state index in [4.69, 9.17) is 11.6 Å². The van der Waals surface area contributed by atoms with E-state index in [0.29, 0.717) is 22.6 Å². The molecule has 0 unspecified atom stereocenters. The van der Waals surface area contributed by atoms with Crippen LogP contribution in [0.25, 0.3) is 0 Å². The van der Waals surface area contributed by atoms with Crippen molar-refractivity contribution in [3.8, 4) is 0 Å². The molecule has 1 N–H and O–H groups in total. The van der Waals surface area contributed by atoms with Crippen LogP contribution >= 0.6 is 27.5 Å². The van der Waals surface area contributed by atoms with Crippen LogP contribution < -0.4 is 5.32 Å². The quantitative estimate of drug-likeness (QED) is 0.921. The number of carbonyl (C=O) groups is 1. The van der Waals surface area contributed by atoms with Gasteiger partial charge in [-0.05, 0) is 47.0 Å². The average molecular weight is 341 g/mol. The molecule has 0 spiro atoms. The lowest BCUT2D eigenvalue weighted by atomic mass is 10.3. The Morgan fingerprint density at radius 2 is 2.26 bits per heavy atom. The standard InChI is InChI=1S/C13H11BrClN3O/c14-8-1-4-12(16-6-8)17-13(19)11-5-9(15)7-18(11)10-2-3-10/h1,4-7,10H,2-3H2,(H,16,17,19). The van der Waals surface area contributed by atoms with Gasteiger partial charge in [0.2, 0.25) is 0 Å². The highest BCUT2D eigenvalue weighted by molar-refractivity contribution is 9.10. The summed E-state index contributed by atoms with van der Waals surface area (Å²) in [4.78, 5) is 16.3. The Morgan fingerprint density at radius 3 is 2.89 bits per heavy atom. The number of nitrogens with zero attached hydrogens (tertiary/aromatic N) is 2. The van der Waals surface area contributed by atoms with Crippen LogP contribution in [0, 0.1) is 0 Å². The summed E-state index contributed by atoms with van der Waals surface area (Å²) < 4.78 is 2.81. The molecular weight excluding hydrogens is 330 g/mol. The maximum atomic E-state index is 12.2. The van der Waals surface area contributed by atoms with Gasteiger partial charge in [-0.2, -0.15) is 0 Å². The van der Waals surface area contributed by atoms with Crippen molar-refractivity contribution in [2.45, 2.75) is 18.9 Å². The number of amides is 1. The molecule has 2 aromatic heterocycles. The van der Waals surface area contributed by atoms with Crippen LogP contribution in [-0.4, -0.2) is 15.5 Å². The van der Waals surface area contributed by atoms with E-state index in [1.165, 1.54) is 0 Å². The predicted molar refractivity (Wildman–Crippen MR) is 77.6 cm³/mol. The first-order chi connectivity index (χ1) is 9.13. The lowest BCUT2D eigenvalue weighted by Crippen LogP contribution is -2.16. The number of anilines is 1. The summed E-state index contributed by atoms with van der Waals surface area (Å²) in [6, 6.07) is 5.67. The number of halogens is 2. The van der Waals surface area contributed by atoms with Crippen molar-refractivity contribution >= 4 is 39.3 Å². The summed E-state index contributed by atoms with van der Waals surface area (Å²) in [6.07, 6.45) is 5.65. The maximum Gasteiger partial charge on any atom is 0.273 e. The molecule has 98 valence electrons. The van der Waals surface area contributed by atoms with Crippen LogP contribution in [0.3, 0.4) is 0 Å². The number of aromatic nitrogens is 2. The maximum absolute atomic E-state index is 12.2. The van der Waals surface area contributed by atoms with Crippen molar-refractivity contribution < 1.29 is 4.79 Å². The molecule has 2 aromatic rings. The van der Waals surface area contributed by atoms with Gasteiger partial charge in [0, 0.05) is 22.9 Å². The van der Waals surface area contributed by atoms with E-state index >= 15 is 0 Å². The molecule has 1 saturated carbocycles. The third-order valence-corrected chi connectivity index (χ3v) is 3.63. The van der Waals surface area contributed by atoms with Crippen LogP contribution in [0.15, 0.2) is 35.1 Å². The van der Waals surface area contributed by atoms with E-state index in [0.717, 1.165) is 17.3 Å². The van der Waals surface area contributed by atoms with E-state index in [-0.39, 0.29) is 5.91 Å². The second-order valence-corrected chi connectivity index (χ2v) is 5.85. The minimum absolute atomic E-state index is 0.186. The number of nitrogens with one attached hydrogen (secondary N) is 1. The average Bonchev–Trinajstić information content (AvgIpc) is 3.15. The number of hydrogen-bond acceptors (Lipinski definition) is 2. The van der Waals surface area contributed by atoms with Crippen LogP contribution in [0.5, 0.6) is 0 Å². The van der Waals surface area contributed by atoms with Crippen LogP contribution in [-0.2, 0) is 0 Å². The number of pyridine rings is 1. The van der Waals surface area contributed by atoms with Crippen LogP contribution in [0.2, 0.25) is 5.02 Å². The van der Waals surface area contributed by atoms with E-state index in [9.17, 15) is 4.79 Å². The normalized spacial score (nSPS) is 14.4. The Morgan fingerprint density at radius 1 is 1.47 bits per heavy atom. The van der Waals surface area contributed by atoms with Gasteiger partial charge in [-0.1, -0.05) is 11.6 Å². The molecule has 1 aliphatic rings. The Kier molecular flexibility index (Phi) is 3.33. The monoisotopic (exact) mass is 339 g/mol. The molecule has 0 aromatic carbocycles. The highest BCUT2D eigenvalue weighted by Gasteiger charge is 2.27. The summed E-state index contributed by atoms with van der Waals surface area (Å²) in [7, 11) is 0. The Bertz CT molecular complexity index is 619. The first-order valence-corrected chi connectivity index (χ1v) is 7.11. The zero-order valence-electron chi connectivity index (χ0n) is 9.94. The molecule has 4 nitrogen and oxygen atoms in total. The minimum Gasteiger partial charge on any atom is -0.339 e. The smallest absolute Gasteiger partial charge is 0.273 e. The van der Waals surface area contributed by atoms with Gasteiger partial charge in [0.25, 0.3) is 5.91 Å². The molecule has 1 aliphatic carbocycles. The van der Waals surface area contributed by atoms with Crippen molar-refractivity contribution in [2.75, 3.05) is 5.32 Å². The molecule has 0 saturated heterocycles. The highest BCUT2D eigenvalue weighted by atomic mass is 79.9. The van der Waals surface area contributed by atoms with Crippen molar-refractivity contribution in [3.05, 3.63) is 45.8 Å². The molecule has 2 heterocycles. The fourth-order valence-electron chi connectivity index (χ4n) is 1.91. The van der Waals surface area contributed by atoms with Crippen molar-refractivity contribution in [1.29, 1.82) is 0 Å². The van der Waals surface area contributed by atoms with Gasteiger partial charge in [0.1, 0.15) is 11.5 Å². The summed E-state index contributed by atoms with van der Waals surface area (Å²) >= 11 is 9.28. The zero-order valence-corrected chi connectivity index (χ0v) is 12.3. The Labute approximate surface area is 123 Å². The summed E-state index contributed by atoms with van der Waals surface area (Å²) in [5.74, 6) is 0.335. The highest BCUT2D eigenvalue weighted by Crippen LogP contribution is 2.37. The van der Waals surface area contributed by atoms with Gasteiger partial charge in [0.15, 0.2) is 0 Å². The van der Waals surface area contributed by atoms with Crippen molar-refractivity contribution in [2.24, 2.45) is 0 Å². The zero-order chi connectivity index (χ0) is 13.4. The fourth-order valence-corrected chi connectivity index (χ4v) is 2.36. The predicted octanol–water partition coefficient (Wildman–Crippen LogP) is 3.89. The Balaban J connectivity index is 1.82. The summed E-state index contributed by atoms with van der Waals surface area (Å²) in [6.45, 7) is 0. The lowest BCUT2D eigenvalue weighted by Gasteiger charge is -2.08. The first-order valence-electron chi connectivity index (χ1n) is 5.94. The third-order valence-electron chi connectivity index (χ3n) is 2.96. The SMILES string of the molecule is O=C(Nc1ccc(Br)cn1)c1cc(Cl)cn1C1CC1. The second kappa shape index (κ2) is 4.98. The van der Waals surface area contributed by atoms with Gasteiger partial charge in [-0.25, -0.2) is 4.98 Å². The second-order valence-electron chi connectivity index (χ2n) is 4.50. The first kappa shape index (κ1) is 12.7. The van der Waals surface area contributed by atoms with Crippen LogP contribution in [0.4, 0.5) is 5.82 Å². The number of carbonyl (C=O) groups excluding carboxylic acids is 1. The summed E-state index contributed by atoms with van der Waals surface area (Å²) in [5, 5.41) is 3.36. The molecule has 0 atom stereocenters. The van der Waals surface area contributed by atoms with Gasteiger partial charge < -0.3 is 9.88 Å². The molecular formula is C13H11BrClN3O. The van der Waals surface area contributed by atoms with Crippen molar-refractivity contribution in [3.63, 3.8) is 0 Å². The molecule has 6 heteroatoms. The largest absolute Gasteiger partial charge is 0.339 e. The molecule has 3 rings (SSSR count). The Hall–Kier alpha value is -1.33. The minimum atomic E-state index is -0.186. The number of hydrogen-bond donors (Lipinski definition) is 1. The topological polar surface area (TPSA) is 46.9 Å². The van der Waals surface area contributed by atoms with Crippen molar-refractivity contribution in [1.82, 2.24) is 9.55 Å². The molecule has 1 amide bonds. The number of rotatable bonds is 3. The molecule has 0 radical (unpaired) electrons. The van der Waals surface area contributed by atoms with E-state index < -0.39 is 0 Å². The fraction of sp³-hybridized carbons (Fsp3) is 0.231. The van der Waals surface area contributed by atoms with Gasteiger partial charge in [0.05, 0.1) is 5.02 Å². The van der Waals surface area contributed by atoms with E-state index in [1.54, 1.807) is 18.3 Å². The molecule has 0 aliphatic heterocycles. The molecule has 19 heavy (non-hydrogen) atoms. The lowest BCUT2D eigenvalue weighted by molar-refractivity contribution is 0.101. The van der Waals surface area contributed by atoms with E-state index in [1.807, 2.05) is 16.8 Å². The third kappa shape index (κ3) is 2.82. The van der Waals surface area contributed by atoms with Gasteiger partial charge in [-0.15, -0.1) is 0 Å². The van der Waals surface area contributed by atoms with E-state index in [2.05, 4.69) is 26.2 Å². The molecule has 1 fully saturated rings. The van der Waals surface area contributed by atoms with Crippen LogP contribution in [0.1, 0.15) is 29.4 Å².